The van der Waals surface area contributed by atoms with E-state index in [0.29, 0.717) is 6.04 Å². The molecule has 0 aliphatic heterocycles. The van der Waals surface area contributed by atoms with E-state index in [1.807, 2.05) is 6.20 Å². The Morgan fingerprint density at radius 3 is 2.94 bits per heavy atom. The lowest BCUT2D eigenvalue weighted by Crippen LogP contribution is -2.17. The quantitative estimate of drug-likeness (QED) is 0.857. The minimum absolute atomic E-state index is 0.686. The fourth-order valence-corrected chi connectivity index (χ4v) is 1.94. The van der Waals surface area contributed by atoms with Gasteiger partial charge in [0.25, 0.3) is 0 Å². The molecule has 2 aromatic rings. The summed E-state index contributed by atoms with van der Waals surface area (Å²) < 4.78 is 2.83. The van der Waals surface area contributed by atoms with Gasteiger partial charge >= 0.3 is 0 Å². The third-order valence-electron chi connectivity index (χ3n) is 2.61. The van der Waals surface area contributed by atoms with Crippen molar-refractivity contribution in [1.29, 1.82) is 0 Å². The lowest BCUT2D eigenvalue weighted by Gasteiger charge is -2.04. The molecule has 6 heteroatoms. The van der Waals surface area contributed by atoms with Crippen molar-refractivity contribution >= 4 is 22.6 Å². The van der Waals surface area contributed by atoms with Crippen molar-refractivity contribution in [2.24, 2.45) is 0 Å². The molecule has 3 rings (SSSR count). The predicted molar refractivity (Wildman–Crippen MR) is 71.7 cm³/mol. The largest absolute Gasteiger partial charge is 0.308 e. The van der Waals surface area contributed by atoms with Gasteiger partial charge in [-0.25, -0.2) is 9.67 Å². The third-order valence-corrected chi connectivity index (χ3v) is 3.16. The highest BCUT2D eigenvalue weighted by molar-refractivity contribution is 14.1. The highest BCUT2D eigenvalue weighted by atomic mass is 127. The fourth-order valence-electron chi connectivity index (χ4n) is 1.55. The molecule has 1 saturated carbocycles. The van der Waals surface area contributed by atoms with Gasteiger partial charge in [0.2, 0.25) is 0 Å². The summed E-state index contributed by atoms with van der Waals surface area (Å²) in [4.78, 5) is 8.73. The van der Waals surface area contributed by atoms with Gasteiger partial charge in [-0.3, -0.25) is 4.98 Å². The summed E-state index contributed by atoms with van der Waals surface area (Å²) in [5, 5.41) is 7.64. The molecule has 1 aliphatic carbocycles. The van der Waals surface area contributed by atoms with Crippen molar-refractivity contribution in [2.75, 3.05) is 0 Å². The summed E-state index contributed by atoms with van der Waals surface area (Å²) in [6.45, 7) is 0.782. The van der Waals surface area contributed by atoms with Crippen LogP contribution in [-0.4, -0.2) is 25.8 Å². The van der Waals surface area contributed by atoms with Crippen LogP contribution in [0.4, 0.5) is 0 Å². The minimum Gasteiger partial charge on any atom is -0.308 e. The molecule has 88 valence electrons. The molecule has 0 radical (unpaired) electrons. The molecule has 0 atom stereocenters. The minimum atomic E-state index is 0.686. The van der Waals surface area contributed by atoms with Gasteiger partial charge in [-0.05, 0) is 35.4 Å². The average Bonchev–Trinajstić information content (AvgIpc) is 3.08. The van der Waals surface area contributed by atoms with Crippen molar-refractivity contribution in [3.63, 3.8) is 0 Å². The molecular weight excluding hydrogens is 329 g/mol. The monoisotopic (exact) mass is 341 g/mol. The second kappa shape index (κ2) is 4.69. The number of nitrogens with zero attached hydrogens (tertiary/aromatic N) is 4. The van der Waals surface area contributed by atoms with Gasteiger partial charge < -0.3 is 5.32 Å². The molecule has 1 fully saturated rings. The first kappa shape index (κ1) is 11.1. The van der Waals surface area contributed by atoms with E-state index in [1.165, 1.54) is 12.8 Å². The van der Waals surface area contributed by atoms with Crippen LogP contribution in [0.25, 0.3) is 5.82 Å². The number of halogens is 1. The molecule has 0 unspecified atom stereocenters. The van der Waals surface area contributed by atoms with Crippen molar-refractivity contribution in [2.45, 2.75) is 25.4 Å². The zero-order chi connectivity index (χ0) is 11.7. The second-order valence-corrected chi connectivity index (χ2v) is 5.37. The Labute approximate surface area is 113 Å². The molecule has 2 aromatic heterocycles. The first-order chi connectivity index (χ1) is 8.31. The molecule has 0 spiro atoms. The Hall–Kier alpha value is -1.02. The molecule has 17 heavy (non-hydrogen) atoms. The Morgan fingerprint density at radius 2 is 2.24 bits per heavy atom. The third kappa shape index (κ3) is 2.81. The van der Waals surface area contributed by atoms with Crippen molar-refractivity contribution < 1.29 is 0 Å². The van der Waals surface area contributed by atoms with Crippen molar-refractivity contribution in [3.8, 4) is 5.82 Å². The van der Waals surface area contributed by atoms with E-state index in [4.69, 9.17) is 0 Å². The Balaban J connectivity index is 1.77. The van der Waals surface area contributed by atoms with Crippen LogP contribution in [0.2, 0.25) is 0 Å². The highest BCUT2D eigenvalue weighted by Gasteiger charge is 2.20. The number of aromatic nitrogens is 4. The number of nitrogens with one attached hydrogen (secondary N) is 1. The second-order valence-electron chi connectivity index (χ2n) is 4.13. The smallest absolute Gasteiger partial charge is 0.172 e. The Bertz CT molecular complexity index is 520. The normalized spacial score (nSPS) is 15.1. The molecule has 0 saturated heterocycles. The highest BCUT2D eigenvalue weighted by Crippen LogP contribution is 2.19. The van der Waals surface area contributed by atoms with Crippen LogP contribution in [0.5, 0.6) is 0 Å². The van der Waals surface area contributed by atoms with Crippen LogP contribution in [0.1, 0.15) is 18.5 Å². The molecule has 2 heterocycles. The van der Waals surface area contributed by atoms with Crippen molar-refractivity contribution in [3.05, 3.63) is 34.1 Å². The Morgan fingerprint density at radius 1 is 1.35 bits per heavy atom. The van der Waals surface area contributed by atoms with E-state index in [9.17, 15) is 0 Å². The van der Waals surface area contributed by atoms with E-state index in [0.717, 1.165) is 21.6 Å². The number of hydrogen-bond acceptors (Lipinski definition) is 4. The SMILES string of the molecule is Ic1cnn(-c2cncc(CNC3CC3)n2)c1. The van der Waals surface area contributed by atoms with E-state index in [1.54, 1.807) is 23.3 Å². The van der Waals surface area contributed by atoms with Gasteiger partial charge in [0.15, 0.2) is 5.82 Å². The summed E-state index contributed by atoms with van der Waals surface area (Å²) in [6.07, 6.45) is 9.83. The van der Waals surface area contributed by atoms with Gasteiger partial charge in [0.1, 0.15) is 0 Å². The summed E-state index contributed by atoms with van der Waals surface area (Å²) in [6, 6.07) is 0.686. The van der Waals surface area contributed by atoms with Crippen LogP contribution in [0.15, 0.2) is 24.8 Å². The summed E-state index contributed by atoms with van der Waals surface area (Å²) in [5.74, 6) is 0.767. The summed E-state index contributed by atoms with van der Waals surface area (Å²) in [5.41, 5.74) is 0.958. The lowest BCUT2D eigenvalue weighted by atomic mass is 10.4. The molecule has 1 aliphatic rings. The zero-order valence-corrected chi connectivity index (χ0v) is 11.3. The summed E-state index contributed by atoms with van der Waals surface area (Å²) >= 11 is 2.23. The molecule has 0 aromatic carbocycles. The van der Waals surface area contributed by atoms with Crippen LogP contribution >= 0.6 is 22.6 Å². The van der Waals surface area contributed by atoms with Gasteiger partial charge in [-0.2, -0.15) is 5.10 Å². The van der Waals surface area contributed by atoms with E-state index in [-0.39, 0.29) is 0 Å². The predicted octanol–water partition coefficient (Wildman–Crippen LogP) is 1.52. The Kier molecular flexibility index (Phi) is 3.06. The van der Waals surface area contributed by atoms with E-state index < -0.39 is 0 Å². The molecular formula is C11H12IN5. The number of hydrogen-bond donors (Lipinski definition) is 1. The fraction of sp³-hybridized carbons (Fsp3) is 0.364. The van der Waals surface area contributed by atoms with Crippen LogP contribution in [-0.2, 0) is 6.54 Å². The topological polar surface area (TPSA) is 55.6 Å². The lowest BCUT2D eigenvalue weighted by molar-refractivity contribution is 0.667. The van der Waals surface area contributed by atoms with Gasteiger partial charge in [-0.15, -0.1) is 0 Å². The maximum absolute atomic E-state index is 4.53. The van der Waals surface area contributed by atoms with Gasteiger partial charge in [0.05, 0.1) is 21.7 Å². The maximum Gasteiger partial charge on any atom is 0.172 e. The van der Waals surface area contributed by atoms with E-state index >= 15 is 0 Å². The molecule has 1 N–H and O–H groups in total. The number of rotatable bonds is 4. The van der Waals surface area contributed by atoms with Crippen LogP contribution < -0.4 is 5.32 Å². The molecule has 0 amide bonds. The standard InChI is InChI=1S/C11H12IN5/c12-8-3-15-17(7-8)11-6-13-4-10(16-11)5-14-9-1-2-9/h3-4,6-7,9,14H,1-2,5H2. The first-order valence-electron chi connectivity index (χ1n) is 5.56. The van der Waals surface area contributed by atoms with Crippen LogP contribution in [0.3, 0.4) is 0 Å². The average molecular weight is 341 g/mol. The van der Waals surface area contributed by atoms with Gasteiger partial charge in [-0.1, -0.05) is 0 Å². The zero-order valence-electron chi connectivity index (χ0n) is 9.17. The summed E-state index contributed by atoms with van der Waals surface area (Å²) in [7, 11) is 0. The van der Waals surface area contributed by atoms with Crippen LogP contribution in [0, 0.1) is 3.57 Å². The van der Waals surface area contributed by atoms with Crippen molar-refractivity contribution in [1.82, 2.24) is 25.1 Å². The maximum atomic E-state index is 4.53. The van der Waals surface area contributed by atoms with Gasteiger partial charge in [0, 0.05) is 25.0 Å². The first-order valence-corrected chi connectivity index (χ1v) is 6.64. The molecule has 0 bridgehead atoms. The van der Waals surface area contributed by atoms with E-state index in [2.05, 4.69) is 43.0 Å². The molecule has 5 nitrogen and oxygen atoms in total.